The van der Waals surface area contributed by atoms with Crippen molar-refractivity contribution in [3.63, 3.8) is 0 Å². The Labute approximate surface area is 160 Å². The molecular weight excluding hydrogens is 351 g/mol. The summed E-state index contributed by atoms with van der Waals surface area (Å²) in [7, 11) is 0. The Balaban J connectivity index is 2.26. The maximum Gasteiger partial charge on any atom is 0.417 e. The first kappa shape index (κ1) is 15.5. The van der Waals surface area contributed by atoms with Crippen molar-refractivity contribution in [1.29, 1.82) is 0 Å². The molecule has 0 saturated heterocycles. The van der Waals surface area contributed by atoms with Crippen LogP contribution in [0, 0.1) is 5.41 Å². The number of hydrogen-bond donors (Lipinski definition) is 0. The van der Waals surface area contributed by atoms with E-state index in [1.54, 1.807) is 10.6 Å². The van der Waals surface area contributed by atoms with E-state index in [-0.39, 0.29) is 16.5 Å². The molecule has 2 nitrogen and oxygen atoms in total. The molecule has 3 aromatic rings. The molecule has 0 aliphatic heterocycles. The third-order valence-electron chi connectivity index (χ3n) is 4.32. The Kier molecular flexibility index (Phi) is 3.76. The third-order valence-corrected chi connectivity index (χ3v) is 4.32. The van der Waals surface area contributed by atoms with Gasteiger partial charge in [0.05, 0.1) is 5.56 Å². The predicted octanol–water partition coefficient (Wildman–Crippen LogP) is 6.58. The van der Waals surface area contributed by atoms with Crippen molar-refractivity contribution in [1.82, 2.24) is 4.57 Å². The summed E-state index contributed by atoms with van der Waals surface area (Å²) in [5.74, 6) is -0.983. The summed E-state index contributed by atoms with van der Waals surface area (Å²) in [5, 5.41) is 0.411. The molecule has 27 heavy (non-hydrogen) atoms. The van der Waals surface area contributed by atoms with Crippen LogP contribution in [0.1, 0.15) is 47.7 Å². The number of aromatic nitrogens is 1. The Hall–Kier alpha value is -2.56. The Bertz CT molecular complexity index is 1110. The molecule has 1 aromatic heterocycles. The number of ketones is 1. The van der Waals surface area contributed by atoms with Crippen LogP contribution in [0.2, 0.25) is 0 Å². The first-order chi connectivity index (χ1) is 13.7. The van der Waals surface area contributed by atoms with Gasteiger partial charge in [0.15, 0.2) is 5.78 Å². The molecule has 0 fully saturated rings. The smallest absolute Gasteiger partial charge is 0.346 e. The second-order valence-corrected chi connectivity index (χ2v) is 7.84. The van der Waals surface area contributed by atoms with E-state index < -0.39 is 24.4 Å². The fraction of sp³-hybridized carbons (Fsp3) is 0.318. The lowest BCUT2D eigenvalue weighted by Gasteiger charge is -2.20. The van der Waals surface area contributed by atoms with Crippen molar-refractivity contribution in [2.24, 2.45) is 5.41 Å². The Morgan fingerprint density at radius 1 is 1.11 bits per heavy atom. The molecule has 142 valence electrons. The first-order valence-electron chi connectivity index (χ1n) is 10.0. The number of fused-ring (bicyclic) bond motifs is 1. The Morgan fingerprint density at radius 3 is 2.44 bits per heavy atom. The number of benzene rings is 2. The molecule has 1 heterocycles. The summed E-state index contributed by atoms with van der Waals surface area (Å²) in [4.78, 5) is 12.5. The largest absolute Gasteiger partial charge is 0.417 e. The van der Waals surface area contributed by atoms with Gasteiger partial charge in [-0.15, -0.1) is 0 Å². The van der Waals surface area contributed by atoms with Crippen LogP contribution in [-0.4, -0.2) is 10.4 Å². The molecular formula is C22H22F3NO. The van der Waals surface area contributed by atoms with Crippen LogP contribution in [0.4, 0.5) is 13.2 Å². The highest BCUT2D eigenvalue weighted by Gasteiger charge is 2.33. The van der Waals surface area contributed by atoms with Crippen molar-refractivity contribution < 1.29 is 22.1 Å². The number of hydrogen-bond acceptors (Lipinski definition) is 1. The van der Waals surface area contributed by atoms with Crippen molar-refractivity contribution in [3.8, 4) is 11.1 Å². The molecule has 0 unspecified atom stereocenters. The molecule has 0 bridgehead atoms. The molecule has 0 amide bonds. The minimum Gasteiger partial charge on any atom is -0.346 e. The van der Waals surface area contributed by atoms with E-state index in [1.165, 1.54) is 36.5 Å². The summed E-state index contributed by atoms with van der Waals surface area (Å²) >= 11 is 0. The first-order valence-corrected chi connectivity index (χ1v) is 8.53. The Morgan fingerprint density at radius 2 is 1.81 bits per heavy atom. The lowest BCUT2D eigenvalue weighted by atomic mass is 9.96. The number of carbonyl (C=O) groups excluding carboxylic acids is 1. The average molecular weight is 376 g/mol. The highest BCUT2D eigenvalue weighted by molar-refractivity contribution is 6.07. The quantitative estimate of drug-likeness (QED) is 0.474. The fourth-order valence-corrected chi connectivity index (χ4v) is 3.26. The van der Waals surface area contributed by atoms with Crippen LogP contribution in [0.5, 0.6) is 0 Å². The highest BCUT2D eigenvalue weighted by Crippen LogP contribution is 2.38. The van der Waals surface area contributed by atoms with E-state index >= 15 is 0 Å². The summed E-state index contributed by atoms with van der Waals surface area (Å²) in [6.07, 6.45) is -3.02. The van der Waals surface area contributed by atoms with Gasteiger partial charge in [0, 0.05) is 33.3 Å². The third kappa shape index (κ3) is 3.92. The molecule has 0 saturated carbocycles. The molecule has 5 heteroatoms. The predicted molar refractivity (Wildman–Crippen MR) is 102 cm³/mol. The van der Waals surface area contributed by atoms with E-state index in [0.29, 0.717) is 23.0 Å². The maximum atomic E-state index is 13.5. The van der Waals surface area contributed by atoms with Gasteiger partial charge in [0.1, 0.15) is 0 Å². The van der Waals surface area contributed by atoms with Gasteiger partial charge >= 0.3 is 6.18 Å². The van der Waals surface area contributed by atoms with Gasteiger partial charge in [-0.25, -0.2) is 0 Å². The van der Waals surface area contributed by atoms with Gasteiger partial charge in [0.2, 0.25) is 0 Å². The highest BCUT2D eigenvalue weighted by atomic mass is 19.4. The van der Waals surface area contributed by atoms with E-state index in [2.05, 4.69) is 0 Å². The maximum absolute atomic E-state index is 13.5. The van der Waals surface area contributed by atoms with Crippen molar-refractivity contribution in [3.05, 3.63) is 59.8 Å². The van der Waals surface area contributed by atoms with Crippen LogP contribution in [0.25, 0.3) is 22.0 Å². The van der Waals surface area contributed by atoms with Crippen molar-refractivity contribution in [2.75, 3.05) is 0 Å². The van der Waals surface area contributed by atoms with Crippen LogP contribution in [-0.2, 0) is 12.7 Å². The minimum atomic E-state index is -4.51. The van der Waals surface area contributed by atoms with E-state index in [0.717, 1.165) is 6.07 Å². The summed E-state index contributed by atoms with van der Waals surface area (Å²) in [6, 6.07) is 9.89. The zero-order valence-electron chi connectivity index (χ0n) is 18.3. The number of Topliss-reactive ketones (excluding diaryl/α,β-unsaturated/α-hetero) is 1. The minimum absolute atomic E-state index is 0.0270. The second kappa shape index (κ2) is 6.55. The number of rotatable bonds is 3. The number of carbonyl (C=O) groups is 1. The molecule has 0 radical (unpaired) electrons. The van der Waals surface area contributed by atoms with Crippen molar-refractivity contribution in [2.45, 2.75) is 40.3 Å². The van der Waals surface area contributed by atoms with Crippen LogP contribution >= 0.6 is 0 Å². The molecule has 0 atom stereocenters. The topological polar surface area (TPSA) is 22.0 Å². The van der Waals surface area contributed by atoms with Gasteiger partial charge < -0.3 is 4.57 Å². The van der Waals surface area contributed by atoms with E-state index in [9.17, 15) is 18.0 Å². The van der Waals surface area contributed by atoms with Crippen LogP contribution in [0.3, 0.4) is 0 Å². The number of halogens is 3. The lowest BCUT2D eigenvalue weighted by Crippen LogP contribution is -2.14. The standard InChI is InChI=1S/C22H22F3NO/c1-14(27)18-12-26(13-21(2,3)4)20-11-15(9-10-17(18)20)16-7-5-6-8-19(16)22(23,24)25/h5-12H,13H2,1-4H3/i1D3. The van der Waals surface area contributed by atoms with E-state index in [4.69, 9.17) is 4.11 Å². The summed E-state index contributed by atoms with van der Waals surface area (Å²) in [6.45, 7) is 3.59. The summed E-state index contributed by atoms with van der Waals surface area (Å²) < 4.78 is 64.6. The van der Waals surface area contributed by atoms with Gasteiger partial charge in [-0.3, -0.25) is 4.79 Å². The summed E-state index contributed by atoms with van der Waals surface area (Å²) in [5.41, 5.74) is -0.0174. The molecule has 0 spiro atoms. The molecule has 3 rings (SSSR count). The number of nitrogens with zero attached hydrogens (tertiary/aromatic N) is 1. The van der Waals surface area contributed by atoms with Gasteiger partial charge in [0.25, 0.3) is 0 Å². The van der Waals surface area contributed by atoms with E-state index in [1.807, 2.05) is 20.8 Å². The normalized spacial score (nSPS) is 14.7. The average Bonchev–Trinajstić information content (AvgIpc) is 2.95. The lowest BCUT2D eigenvalue weighted by molar-refractivity contribution is -0.137. The van der Waals surface area contributed by atoms with Gasteiger partial charge in [-0.1, -0.05) is 51.1 Å². The monoisotopic (exact) mass is 376 g/mol. The molecule has 0 aliphatic carbocycles. The SMILES string of the molecule is [2H]C([2H])([2H])C(=O)c1cn(CC(C)(C)C)c2cc(-c3ccccc3C(F)(F)F)ccc12. The van der Waals surface area contributed by atoms with Crippen LogP contribution < -0.4 is 0 Å². The van der Waals surface area contributed by atoms with Gasteiger partial charge in [-0.05, 0) is 35.5 Å². The van der Waals surface area contributed by atoms with Crippen molar-refractivity contribution >= 4 is 16.7 Å². The van der Waals surface area contributed by atoms with Crippen LogP contribution in [0.15, 0.2) is 48.7 Å². The zero-order valence-corrected chi connectivity index (χ0v) is 15.3. The molecule has 0 N–H and O–H groups in total. The van der Waals surface area contributed by atoms with Gasteiger partial charge in [-0.2, -0.15) is 13.2 Å². The fourth-order valence-electron chi connectivity index (χ4n) is 3.26. The molecule has 2 aromatic carbocycles. The number of alkyl halides is 3. The zero-order chi connectivity index (χ0) is 22.5. The second-order valence-electron chi connectivity index (χ2n) is 7.84. The molecule has 0 aliphatic rings.